The Labute approximate surface area is 164 Å². The molecule has 0 aliphatic heterocycles. The molecule has 0 aromatic heterocycles. The van der Waals surface area contributed by atoms with Crippen molar-refractivity contribution in [2.24, 2.45) is 22.2 Å². The van der Waals surface area contributed by atoms with Crippen molar-refractivity contribution in [3.63, 3.8) is 0 Å². The van der Waals surface area contributed by atoms with Crippen LogP contribution in [0, 0.1) is 22.2 Å². The smallest absolute Gasteiger partial charge is 0.311 e. The van der Waals surface area contributed by atoms with Gasteiger partial charge >= 0.3 is 5.97 Å². The van der Waals surface area contributed by atoms with E-state index in [1.54, 1.807) is 5.57 Å². The van der Waals surface area contributed by atoms with E-state index in [1.165, 1.54) is 17.6 Å². The fourth-order valence-electron chi connectivity index (χ4n) is 5.21. The van der Waals surface area contributed by atoms with Crippen molar-refractivity contribution in [3.8, 4) is 0 Å². The summed E-state index contributed by atoms with van der Waals surface area (Å²) >= 11 is 0. The van der Waals surface area contributed by atoms with Gasteiger partial charge in [0.15, 0.2) is 0 Å². The Morgan fingerprint density at radius 1 is 1.15 bits per heavy atom. The highest BCUT2D eigenvalue weighted by Crippen LogP contribution is 2.62. The highest BCUT2D eigenvalue weighted by atomic mass is 16.5. The lowest BCUT2D eigenvalue weighted by molar-refractivity contribution is -0.156. The van der Waals surface area contributed by atoms with E-state index in [9.17, 15) is 9.59 Å². The molecular weight excluding hydrogens is 336 g/mol. The Bertz CT molecular complexity index is 704. The predicted octanol–water partition coefficient (Wildman–Crippen LogP) is 5.79. The van der Waals surface area contributed by atoms with E-state index >= 15 is 0 Å². The highest BCUT2D eigenvalue weighted by molar-refractivity contribution is 5.81. The summed E-state index contributed by atoms with van der Waals surface area (Å²) in [6, 6.07) is 0. The molecule has 3 nitrogen and oxygen atoms in total. The molecule has 0 unspecified atom stereocenters. The summed E-state index contributed by atoms with van der Waals surface area (Å²) in [5.74, 6) is 0.684. The molecule has 0 bridgehead atoms. The molecule has 3 aliphatic carbocycles. The van der Waals surface area contributed by atoms with Crippen molar-refractivity contribution in [2.45, 2.75) is 86.5 Å². The van der Waals surface area contributed by atoms with Crippen LogP contribution in [0.25, 0.3) is 0 Å². The Morgan fingerprint density at radius 2 is 1.85 bits per heavy atom. The van der Waals surface area contributed by atoms with E-state index in [0.717, 1.165) is 25.7 Å². The summed E-state index contributed by atoms with van der Waals surface area (Å²) in [7, 11) is 0. The molecule has 0 radical (unpaired) electrons. The minimum Gasteiger partial charge on any atom is -0.464 e. The average Bonchev–Trinajstić information content (AvgIpc) is 2.84. The summed E-state index contributed by atoms with van der Waals surface area (Å²) in [5, 5.41) is 0. The van der Waals surface area contributed by atoms with Crippen LogP contribution in [0.1, 0.15) is 86.5 Å². The number of hydrogen-bond donors (Lipinski definition) is 0. The van der Waals surface area contributed by atoms with Crippen LogP contribution < -0.4 is 0 Å². The van der Waals surface area contributed by atoms with Crippen LogP contribution in [-0.2, 0) is 14.3 Å². The van der Waals surface area contributed by atoms with Crippen molar-refractivity contribution in [3.05, 3.63) is 22.8 Å². The number of hydrogen-bond acceptors (Lipinski definition) is 3. The molecular formula is C24H36O3. The summed E-state index contributed by atoms with van der Waals surface area (Å²) < 4.78 is 5.86. The van der Waals surface area contributed by atoms with Crippen molar-refractivity contribution < 1.29 is 14.3 Å². The van der Waals surface area contributed by atoms with Crippen LogP contribution in [0.15, 0.2) is 22.8 Å². The zero-order chi connectivity index (χ0) is 20.0. The zero-order valence-electron chi connectivity index (χ0n) is 18.0. The van der Waals surface area contributed by atoms with Crippen LogP contribution >= 0.6 is 0 Å². The van der Waals surface area contributed by atoms with E-state index in [1.807, 2.05) is 20.8 Å². The summed E-state index contributed by atoms with van der Waals surface area (Å²) in [5.41, 5.74) is 3.93. The lowest BCUT2D eigenvalue weighted by atomic mass is 9.58. The fraction of sp³-hybridized carbons (Fsp3) is 0.750. The van der Waals surface area contributed by atoms with E-state index in [0.29, 0.717) is 31.1 Å². The van der Waals surface area contributed by atoms with Crippen LogP contribution in [0.2, 0.25) is 0 Å². The fourth-order valence-corrected chi connectivity index (χ4v) is 5.21. The van der Waals surface area contributed by atoms with E-state index < -0.39 is 5.41 Å². The van der Waals surface area contributed by atoms with Gasteiger partial charge in [-0.15, -0.1) is 0 Å². The number of carbonyl (C=O) groups is 2. The second-order valence-corrected chi connectivity index (χ2v) is 10.6. The van der Waals surface area contributed by atoms with Gasteiger partial charge in [-0.2, -0.15) is 0 Å². The molecule has 0 saturated heterocycles. The number of allylic oxidation sites excluding steroid dienone is 3. The number of ketones is 1. The van der Waals surface area contributed by atoms with Crippen LogP contribution in [0.4, 0.5) is 0 Å². The SMILES string of the molecule is CC(C)C1=C2C3=CCC(=O)CC[C@]3(COC(=O)C(C)(C)C)CC[C@@]2(C)CC1. The monoisotopic (exact) mass is 372 g/mol. The highest BCUT2D eigenvalue weighted by Gasteiger charge is 2.51. The maximum absolute atomic E-state index is 12.5. The number of Topliss-reactive ketones (excluding diaryl/α,β-unsaturated/α-hetero) is 1. The molecule has 0 amide bonds. The van der Waals surface area contributed by atoms with Gasteiger partial charge in [-0.3, -0.25) is 9.59 Å². The molecule has 27 heavy (non-hydrogen) atoms. The molecule has 1 fully saturated rings. The largest absolute Gasteiger partial charge is 0.464 e. The Morgan fingerprint density at radius 3 is 2.48 bits per heavy atom. The first-order chi connectivity index (χ1) is 12.5. The molecule has 0 aromatic carbocycles. The van der Waals surface area contributed by atoms with Gasteiger partial charge in [0.25, 0.3) is 0 Å². The number of rotatable bonds is 3. The van der Waals surface area contributed by atoms with E-state index in [4.69, 9.17) is 4.74 Å². The van der Waals surface area contributed by atoms with Gasteiger partial charge in [0.2, 0.25) is 0 Å². The summed E-state index contributed by atoms with van der Waals surface area (Å²) in [6.07, 6.45) is 8.61. The third kappa shape index (κ3) is 3.67. The van der Waals surface area contributed by atoms with Gasteiger partial charge in [0, 0.05) is 18.3 Å². The van der Waals surface area contributed by atoms with Gasteiger partial charge in [-0.1, -0.05) is 32.4 Å². The van der Waals surface area contributed by atoms with Gasteiger partial charge < -0.3 is 4.74 Å². The lowest BCUT2D eigenvalue weighted by Crippen LogP contribution is -2.40. The van der Waals surface area contributed by atoms with Crippen molar-refractivity contribution in [1.29, 1.82) is 0 Å². The quantitative estimate of drug-likeness (QED) is 0.589. The second kappa shape index (κ2) is 6.90. The number of fused-ring (bicyclic) bond motifs is 3. The average molecular weight is 373 g/mol. The second-order valence-electron chi connectivity index (χ2n) is 10.6. The summed E-state index contributed by atoms with van der Waals surface area (Å²) in [4.78, 5) is 24.8. The van der Waals surface area contributed by atoms with Crippen LogP contribution in [0.5, 0.6) is 0 Å². The molecule has 0 N–H and O–H groups in total. The predicted molar refractivity (Wildman–Crippen MR) is 108 cm³/mol. The van der Waals surface area contributed by atoms with E-state index in [-0.39, 0.29) is 16.8 Å². The molecule has 3 heteroatoms. The molecule has 0 spiro atoms. The molecule has 2 atom stereocenters. The Balaban J connectivity index is 2.02. The standard InChI is InChI=1S/C24H36O3/c1-16(2)18-10-11-23(6)13-14-24(15-27-21(26)22(3,4)5)12-9-17(25)7-8-19(24)20(18)23/h8,16H,7,9-15H2,1-6H3/t23-,24-/m1/s1. The van der Waals surface area contributed by atoms with Crippen LogP contribution in [-0.4, -0.2) is 18.4 Å². The lowest BCUT2D eigenvalue weighted by Gasteiger charge is -2.47. The third-order valence-corrected chi connectivity index (χ3v) is 7.07. The molecule has 3 rings (SSSR count). The van der Waals surface area contributed by atoms with Gasteiger partial charge in [0.05, 0.1) is 5.41 Å². The minimum atomic E-state index is -0.500. The third-order valence-electron chi connectivity index (χ3n) is 7.07. The first kappa shape index (κ1) is 20.4. The maximum atomic E-state index is 12.5. The van der Waals surface area contributed by atoms with Crippen molar-refractivity contribution >= 4 is 11.8 Å². The minimum absolute atomic E-state index is 0.149. The first-order valence-corrected chi connectivity index (χ1v) is 10.6. The number of ether oxygens (including phenoxy) is 1. The van der Waals surface area contributed by atoms with Gasteiger partial charge in [0.1, 0.15) is 12.4 Å². The molecule has 0 heterocycles. The van der Waals surface area contributed by atoms with Crippen LogP contribution in [0.3, 0.4) is 0 Å². The topological polar surface area (TPSA) is 43.4 Å². The van der Waals surface area contributed by atoms with Gasteiger partial charge in [-0.05, 0) is 75.4 Å². The summed E-state index contributed by atoms with van der Waals surface area (Å²) in [6.45, 7) is 13.1. The van der Waals surface area contributed by atoms with Crippen molar-refractivity contribution in [2.75, 3.05) is 6.61 Å². The molecule has 3 aliphatic rings. The maximum Gasteiger partial charge on any atom is 0.311 e. The van der Waals surface area contributed by atoms with Crippen molar-refractivity contribution in [1.82, 2.24) is 0 Å². The first-order valence-electron chi connectivity index (χ1n) is 10.6. The zero-order valence-corrected chi connectivity index (χ0v) is 18.0. The Kier molecular flexibility index (Phi) is 5.20. The Hall–Kier alpha value is -1.38. The molecule has 1 saturated carbocycles. The molecule has 150 valence electrons. The normalized spacial score (nSPS) is 31.4. The van der Waals surface area contributed by atoms with Gasteiger partial charge in [-0.25, -0.2) is 0 Å². The number of carbonyl (C=O) groups excluding carboxylic acids is 2. The number of esters is 1. The van der Waals surface area contributed by atoms with E-state index in [2.05, 4.69) is 26.8 Å². The molecule has 0 aromatic rings.